The molecule has 110 valence electrons. The van der Waals surface area contributed by atoms with Crippen molar-refractivity contribution >= 4 is 23.0 Å². The van der Waals surface area contributed by atoms with E-state index >= 15 is 0 Å². The Morgan fingerprint density at radius 1 is 1.33 bits per heavy atom. The number of hydrogen-bond donors (Lipinski definition) is 0. The number of nitro benzene ring substituents is 1. The van der Waals surface area contributed by atoms with E-state index in [1.807, 2.05) is 16.9 Å². The summed E-state index contributed by atoms with van der Waals surface area (Å²) in [5.74, 6) is 0. The third kappa shape index (κ3) is 2.85. The monoisotopic (exact) mass is 306 g/mol. The molecule has 1 aliphatic rings. The van der Waals surface area contributed by atoms with Crippen molar-refractivity contribution in [3.63, 3.8) is 0 Å². The fraction of sp³-hybridized carbons (Fsp3) is 0.357. The summed E-state index contributed by atoms with van der Waals surface area (Å²) in [4.78, 5) is 12.8. The van der Waals surface area contributed by atoms with Crippen molar-refractivity contribution in [1.82, 2.24) is 9.78 Å². The molecule has 1 aromatic heterocycles. The lowest BCUT2D eigenvalue weighted by molar-refractivity contribution is -0.384. The number of nitro groups is 1. The molecule has 2 aromatic rings. The Morgan fingerprint density at radius 3 is 2.71 bits per heavy atom. The first kappa shape index (κ1) is 13.9. The zero-order valence-corrected chi connectivity index (χ0v) is 12.1. The maximum absolute atomic E-state index is 11.2. The van der Waals surface area contributed by atoms with Crippen molar-refractivity contribution in [3.05, 3.63) is 51.8 Å². The van der Waals surface area contributed by atoms with Crippen molar-refractivity contribution in [1.29, 1.82) is 0 Å². The van der Waals surface area contributed by atoms with Crippen molar-refractivity contribution in [2.24, 2.45) is 0 Å². The minimum atomic E-state index is -0.374. The number of nitrogens with zero attached hydrogens (tertiary/aromatic N) is 4. The van der Waals surface area contributed by atoms with Gasteiger partial charge in [-0.05, 0) is 31.0 Å². The summed E-state index contributed by atoms with van der Waals surface area (Å²) < 4.78 is 1.97. The van der Waals surface area contributed by atoms with Gasteiger partial charge in [-0.15, -0.1) is 0 Å². The van der Waals surface area contributed by atoms with Crippen molar-refractivity contribution in [2.75, 3.05) is 18.0 Å². The predicted octanol–water partition coefficient (Wildman–Crippen LogP) is 3.29. The molecule has 0 saturated carbocycles. The summed E-state index contributed by atoms with van der Waals surface area (Å²) >= 11 is 5.86. The molecule has 7 heteroatoms. The van der Waals surface area contributed by atoms with Crippen LogP contribution >= 0.6 is 11.6 Å². The van der Waals surface area contributed by atoms with Crippen LogP contribution in [-0.2, 0) is 0 Å². The standard InChI is InChI=1S/C14H15ClN4O2/c15-11-2-3-13(14(10-11)19(20)21)17-8-4-12(5-9-17)18-7-1-6-16-18/h1-3,6-7,10,12H,4-5,8-9H2. The first-order chi connectivity index (χ1) is 10.1. The fourth-order valence-corrected chi connectivity index (χ4v) is 2.94. The Hall–Kier alpha value is -2.08. The summed E-state index contributed by atoms with van der Waals surface area (Å²) in [5.41, 5.74) is 0.711. The van der Waals surface area contributed by atoms with Crippen LogP contribution in [0.15, 0.2) is 36.7 Å². The molecule has 6 nitrogen and oxygen atoms in total. The SMILES string of the molecule is O=[N+]([O-])c1cc(Cl)ccc1N1CCC(n2cccn2)CC1. The minimum absolute atomic E-state index is 0.0695. The molecular formula is C14H15ClN4O2. The van der Waals surface area contributed by atoms with E-state index in [4.69, 9.17) is 11.6 Å². The van der Waals surface area contributed by atoms with Crippen LogP contribution in [0.1, 0.15) is 18.9 Å². The quantitative estimate of drug-likeness (QED) is 0.645. The van der Waals surface area contributed by atoms with Gasteiger partial charge >= 0.3 is 0 Å². The van der Waals surface area contributed by atoms with E-state index in [1.54, 1.807) is 18.3 Å². The van der Waals surface area contributed by atoms with Gasteiger partial charge in [-0.3, -0.25) is 14.8 Å². The largest absolute Gasteiger partial charge is 0.366 e. The second-order valence-corrected chi connectivity index (χ2v) is 5.53. The number of rotatable bonds is 3. The van der Waals surface area contributed by atoms with E-state index in [9.17, 15) is 10.1 Å². The molecule has 0 spiro atoms. The normalized spacial score (nSPS) is 16.1. The van der Waals surface area contributed by atoms with Crippen molar-refractivity contribution < 1.29 is 4.92 Å². The molecular weight excluding hydrogens is 292 g/mol. The molecule has 0 amide bonds. The van der Waals surface area contributed by atoms with Gasteiger partial charge in [0.25, 0.3) is 5.69 Å². The Kier molecular flexibility index (Phi) is 3.79. The van der Waals surface area contributed by atoms with Crippen LogP contribution in [0.4, 0.5) is 11.4 Å². The first-order valence-electron chi connectivity index (χ1n) is 6.83. The van der Waals surface area contributed by atoms with Crippen LogP contribution < -0.4 is 4.90 Å². The lowest BCUT2D eigenvalue weighted by atomic mass is 10.0. The molecule has 0 radical (unpaired) electrons. The second kappa shape index (κ2) is 5.73. The molecule has 0 aliphatic carbocycles. The van der Waals surface area contributed by atoms with Crippen molar-refractivity contribution in [2.45, 2.75) is 18.9 Å². The highest BCUT2D eigenvalue weighted by molar-refractivity contribution is 6.30. The van der Waals surface area contributed by atoms with Gasteiger partial charge < -0.3 is 4.90 Å². The minimum Gasteiger partial charge on any atom is -0.366 e. The van der Waals surface area contributed by atoms with E-state index < -0.39 is 0 Å². The molecule has 1 aliphatic heterocycles. The van der Waals surface area contributed by atoms with E-state index in [0.717, 1.165) is 25.9 Å². The van der Waals surface area contributed by atoms with Gasteiger partial charge in [0.15, 0.2) is 0 Å². The molecule has 0 bridgehead atoms. The Balaban J connectivity index is 1.76. The van der Waals surface area contributed by atoms with Crippen LogP contribution in [0.25, 0.3) is 0 Å². The zero-order valence-electron chi connectivity index (χ0n) is 11.4. The fourth-order valence-electron chi connectivity index (χ4n) is 2.78. The van der Waals surface area contributed by atoms with Gasteiger partial charge in [-0.2, -0.15) is 5.10 Å². The number of hydrogen-bond acceptors (Lipinski definition) is 4. The van der Waals surface area contributed by atoms with E-state index in [0.29, 0.717) is 16.8 Å². The second-order valence-electron chi connectivity index (χ2n) is 5.09. The highest BCUT2D eigenvalue weighted by atomic mass is 35.5. The van der Waals surface area contributed by atoms with Crippen LogP contribution in [0.2, 0.25) is 5.02 Å². The summed E-state index contributed by atoms with van der Waals surface area (Å²) in [6.45, 7) is 1.54. The molecule has 0 unspecified atom stereocenters. The summed E-state index contributed by atoms with van der Waals surface area (Å²) in [5, 5.41) is 15.8. The summed E-state index contributed by atoms with van der Waals surface area (Å²) in [6, 6.07) is 7.12. The third-order valence-electron chi connectivity index (χ3n) is 3.84. The van der Waals surface area contributed by atoms with Crippen LogP contribution in [0.5, 0.6) is 0 Å². The molecule has 3 rings (SSSR count). The number of anilines is 1. The molecule has 21 heavy (non-hydrogen) atoms. The molecule has 1 aromatic carbocycles. The van der Waals surface area contributed by atoms with Gasteiger partial charge in [0.2, 0.25) is 0 Å². The summed E-state index contributed by atoms with van der Waals surface area (Å²) in [7, 11) is 0. The van der Waals surface area contributed by atoms with Crippen LogP contribution in [0, 0.1) is 10.1 Å². The number of piperidine rings is 1. The van der Waals surface area contributed by atoms with Gasteiger partial charge in [0, 0.05) is 36.6 Å². The predicted molar refractivity (Wildman–Crippen MR) is 80.8 cm³/mol. The van der Waals surface area contributed by atoms with Crippen LogP contribution in [0.3, 0.4) is 0 Å². The van der Waals surface area contributed by atoms with Crippen LogP contribution in [-0.4, -0.2) is 27.8 Å². The molecule has 0 atom stereocenters. The van der Waals surface area contributed by atoms with Gasteiger partial charge in [-0.1, -0.05) is 11.6 Å². The Morgan fingerprint density at radius 2 is 2.10 bits per heavy atom. The highest BCUT2D eigenvalue weighted by Gasteiger charge is 2.25. The average molecular weight is 307 g/mol. The average Bonchev–Trinajstić information content (AvgIpc) is 3.01. The molecule has 1 fully saturated rings. The van der Waals surface area contributed by atoms with Gasteiger partial charge in [0.05, 0.1) is 11.0 Å². The van der Waals surface area contributed by atoms with E-state index in [1.165, 1.54) is 6.07 Å². The lowest BCUT2D eigenvalue weighted by Gasteiger charge is -2.33. The smallest absolute Gasteiger partial charge is 0.294 e. The third-order valence-corrected chi connectivity index (χ3v) is 4.07. The topological polar surface area (TPSA) is 64.2 Å². The molecule has 1 saturated heterocycles. The zero-order chi connectivity index (χ0) is 14.8. The maximum Gasteiger partial charge on any atom is 0.294 e. The molecule has 0 N–H and O–H groups in total. The molecule has 2 heterocycles. The summed E-state index contributed by atoms with van der Waals surface area (Å²) in [6.07, 6.45) is 5.57. The Bertz CT molecular complexity index is 636. The first-order valence-corrected chi connectivity index (χ1v) is 7.21. The number of aromatic nitrogens is 2. The maximum atomic E-state index is 11.2. The van der Waals surface area contributed by atoms with E-state index in [2.05, 4.69) is 10.00 Å². The van der Waals surface area contributed by atoms with Gasteiger partial charge in [0.1, 0.15) is 5.69 Å². The highest BCUT2D eigenvalue weighted by Crippen LogP contribution is 2.34. The van der Waals surface area contributed by atoms with Gasteiger partial charge in [-0.25, -0.2) is 0 Å². The lowest BCUT2D eigenvalue weighted by Crippen LogP contribution is -2.35. The number of benzene rings is 1. The number of halogens is 1. The van der Waals surface area contributed by atoms with Crippen molar-refractivity contribution in [3.8, 4) is 0 Å². The Labute approximate surface area is 127 Å². The van der Waals surface area contributed by atoms with E-state index in [-0.39, 0.29) is 10.6 Å².